The van der Waals surface area contributed by atoms with Gasteiger partial charge in [-0.15, -0.1) is 0 Å². The van der Waals surface area contributed by atoms with Crippen LogP contribution in [0.1, 0.15) is 33.0 Å². The molecule has 3 aromatic carbocycles. The standard InChI is InChI=1S/C29H23N5O4/c35-25(17-33-13-4-12-30-33)34-14-11-19-15-21(8-10-24(19)34)31-27(18-5-2-1-3-6-18)26-22-9-7-20(29(37)38)16-23(22)32-28(26)36/h1-10,12-13,15-16,26H,11,14,17H2,(H,32,36)(H,37,38). The maximum Gasteiger partial charge on any atom is 0.335 e. The molecule has 0 aliphatic carbocycles. The van der Waals surface area contributed by atoms with Crippen LogP contribution in [0, 0.1) is 0 Å². The first-order valence-electron chi connectivity index (χ1n) is 12.2. The lowest BCUT2D eigenvalue weighted by Gasteiger charge is -2.18. The SMILES string of the molecule is O=C(O)c1ccc2c(c1)NC(=O)C2C(=Nc1ccc2c(c1)CCN2C(=O)Cn1cccn1)c1ccccc1. The molecule has 6 rings (SSSR count). The van der Waals surface area contributed by atoms with E-state index in [-0.39, 0.29) is 23.9 Å². The minimum Gasteiger partial charge on any atom is -0.478 e. The van der Waals surface area contributed by atoms with Crippen LogP contribution in [-0.2, 0) is 22.6 Å². The zero-order chi connectivity index (χ0) is 26.2. The van der Waals surface area contributed by atoms with Gasteiger partial charge in [0.25, 0.3) is 0 Å². The maximum absolute atomic E-state index is 13.2. The van der Waals surface area contributed by atoms with Crippen molar-refractivity contribution < 1.29 is 19.5 Å². The third-order valence-corrected chi connectivity index (χ3v) is 6.84. The molecule has 1 unspecified atom stereocenters. The molecule has 0 radical (unpaired) electrons. The van der Waals surface area contributed by atoms with Gasteiger partial charge in [-0.3, -0.25) is 19.3 Å². The molecular weight excluding hydrogens is 482 g/mol. The number of hydrogen-bond donors (Lipinski definition) is 2. The summed E-state index contributed by atoms with van der Waals surface area (Å²) in [5.41, 5.74) is 5.15. The summed E-state index contributed by atoms with van der Waals surface area (Å²) in [5.74, 6) is -2.05. The Morgan fingerprint density at radius 2 is 1.87 bits per heavy atom. The third kappa shape index (κ3) is 4.24. The Labute approximate surface area is 218 Å². The molecule has 0 spiro atoms. The minimum absolute atomic E-state index is 0.0337. The molecule has 38 heavy (non-hydrogen) atoms. The summed E-state index contributed by atoms with van der Waals surface area (Å²) < 4.78 is 1.61. The van der Waals surface area contributed by atoms with Crippen LogP contribution in [0.5, 0.6) is 0 Å². The van der Waals surface area contributed by atoms with Gasteiger partial charge in [0.1, 0.15) is 12.5 Å². The Morgan fingerprint density at radius 3 is 2.63 bits per heavy atom. The predicted octanol–water partition coefficient (Wildman–Crippen LogP) is 4.03. The number of aromatic nitrogens is 2. The summed E-state index contributed by atoms with van der Waals surface area (Å²) >= 11 is 0. The van der Waals surface area contributed by atoms with E-state index >= 15 is 0 Å². The second kappa shape index (κ2) is 9.44. The highest BCUT2D eigenvalue weighted by Gasteiger charge is 2.36. The maximum atomic E-state index is 13.2. The number of hydrogen-bond acceptors (Lipinski definition) is 5. The van der Waals surface area contributed by atoms with E-state index in [1.165, 1.54) is 12.1 Å². The van der Waals surface area contributed by atoms with Gasteiger partial charge in [-0.25, -0.2) is 4.79 Å². The van der Waals surface area contributed by atoms with Crippen LogP contribution in [0.2, 0.25) is 0 Å². The first kappa shape index (κ1) is 23.4. The number of benzene rings is 3. The van der Waals surface area contributed by atoms with Crippen LogP contribution >= 0.6 is 0 Å². The van der Waals surface area contributed by atoms with Crippen LogP contribution in [-0.4, -0.2) is 44.9 Å². The molecular formula is C29H23N5O4. The Kier molecular flexibility index (Phi) is 5.80. The molecule has 2 N–H and O–H groups in total. The number of carboxylic acid groups (broad SMARTS) is 1. The van der Waals surface area contributed by atoms with Crippen LogP contribution in [0.3, 0.4) is 0 Å². The Morgan fingerprint density at radius 1 is 1.03 bits per heavy atom. The number of rotatable bonds is 6. The Hall–Kier alpha value is -5.05. The number of amides is 2. The van der Waals surface area contributed by atoms with Gasteiger partial charge in [-0.1, -0.05) is 36.4 Å². The molecule has 2 aliphatic heterocycles. The normalized spacial score (nSPS) is 16.2. The number of carbonyl (C=O) groups excluding carboxylic acids is 2. The van der Waals surface area contributed by atoms with Gasteiger partial charge < -0.3 is 15.3 Å². The lowest BCUT2D eigenvalue weighted by molar-refractivity contribution is -0.119. The van der Waals surface area contributed by atoms with Crippen molar-refractivity contribution in [3.8, 4) is 0 Å². The smallest absolute Gasteiger partial charge is 0.335 e. The van der Waals surface area contributed by atoms with E-state index in [1.54, 1.807) is 34.1 Å². The van der Waals surface area contributed by atoms with Gasteiger partial charge in [0.15, 0.2) is 0 Å². The molecule has 3 heterocycles. The van der Waals surface area contributed by atoms with E-state index < -0.39 is 11.9 Å². The summed E-state index contributed by atoms with van der Waals surface area (Å²) in [6.45, 7) is 0.753. The van der Waals surface area contributed by atoms with Crippen molar-refractivity contribution in [2.45, 2.75) is 18.9 Å². The average Bonchev–Trinajstić information content (AvgIpc) is 3.65. The highest BCUT2D eigenvalue weighted by Crippen LogP contribution is 2.38. The summed E-state index contributed by atoms with van der Waals surface area (Å²) in [5, 5.41) is 16.3. The van der Waals surface area contributed by atoms with Gasteiger partial charge >= 0.3 is 5.97 Å². The second-order valence-corrected chi connectivity index (χ2v) is 9.20. The largest absolute Gasteiger partial charge is 0.478 e. The van der Waals surface area contributed by atoms with Crippen molar-refractivity contribution in [1.29, 1.82) is 0 Å². The van der Waals surface area contributed by atoms with Crippen molar-refractivity contribution in [2.75, 3.05) is 16.8 Å². The highest BCUT2D eigenvalue weighted by atomic mass is 16.4. The third-order valence-electron chi connectivity index (χ3n) is 6.84. The first-order valence-corrected chi connectivity index (χ1v) is 12.2. The van der Waals surface area contributed by atoms with E-state index in [0.29, 0.717) is 35.6 Å². The Balaban J connectivity index is 1.36. The number of carboxylic acids is 1. The molecule has 4 aromatic rings. The fourth-order valence-corrected chi connectivity index (χ4v) is 5.05. The molecule has 0 saturated carbocycles. The summed E-state index contributed by atoms with van der Waals surface area (Å²) in [6, 6.07) is 21.6. The molecule has 0 saturated heterocycles. The van der Waals surface area contributed by atoms with Gasteiger partial charge in [-0.05, 0) is 59.5 Å². The lowest BCUT2D eigenvalue weighted by atomic mass is 9.90. The average molecular weight is 506 g/mol. The molecule has 9 nitrogen and oxygen atoms in total. The Bertz CT molecular complexity index is 1590. The molecule has 2 aliphatic rings. The quantitative estimate of drug-likeness (QED) is 0.384. The van der Waals surface area contributed by atoms with Crippen LogP contribution < -0.4 is 10.2 Å². The van der Waals surface area contributed by atoms with Crippen molar-refractivity contribution in [1.82, 2.24) is 9.78 Å². The van der Waals surface area contributed by atoms with Gasteiger partial charge in [0.2, 0.25) is 11.8 Å². The van der Waals surface area contributed by atoms with Crippen molar-refractivity contribution in [3.63, 3.8) is 0 Å². The molecule has 2 amide bonds. The van der Waals surface area contributed by atoms with Crippen LogP contribution in [0.25, 0.3) is 0 Å². The van der Waals surface area contributed by atoms with Crippen molar-refractivity contribution in [3.05, 3.63) is 107 Å². The van der Waals surface area contributed by atoms with E-state index in [4.69, 9.17) is 4.99 Å². The number of aliphatic imine (C=N–C) groups is 1. The van der Waals surface area contributed by atoms with Gasteiger partial charge in [0, 0.05) is 30.3 Å². The summed E-state index contributed by atoms with van der Waals surface area (Å²) in [6.07, 6.45) is 4.11. The zero-order valence-corrected chi connectivity index (χ0v) is 20.2. The van der Waals surface area contributed by atoms with Gasteiger partial charge in [0.05, 0.1) is 17.0 Å². The molecule has 188 valence electrons. The van der Waals surface area contributed by atoms with Crippen molar-refractivity contribution >= 4 is 40.6 Å². The second-order valence-electron chi connectivity index (χ2n) is 9.20. The van der Waals surface area contributed by atoms with E-state index in [2.05, 4.69) is 10.4 Å². The van der Waals surface area contributed by atoms with Crippen molar-refractivity contribution in [2.24, 2.45) is 4.99 Å². The molecule has 1 aromatic heterocycles. The fraction of sp³-hybridized carbons (Fsp3) is 0.138. The molecule has 9 heteroatoms. The fourth-order valence-electron chi connectivity index (χ4n) is 5.05. The number of fused-ring (bicyclic) bond motifs is 2. The highest BCUT2D eigenvalue weighted by molar-refractivity contribution is 6.24. The lowest BCUT2D eigenvalue weighted by Crippen LogP contribution is -2.32. The number of aromatic carboxylic acids is 1. The topological polar surface area (TPSA) is 117 Å². The predicted molar refractivity (Wildman–Crippen MR) is 142 cm³/mol. The number of nitrogens with zero attached hydrogens (tertiary/aromatic N) is 4. The number of anilines is 2. The van der Waals surface area contributed by atoms with Crippen LogP contribution in [0.15, 0.2) is 90.2 Å². The van der Waals surface area contributed by atoms with Gasteiger partial charge in [-0.2, -0.15) is 5.10 Å². The zero-order valence-electron chi connectivity index (χ0n) is 20.2. The first-order chi connectivity index (χ1) is 18.5. The molecule has 0 bridgehead atoms. The number of carbonyl (C=O) groups is 3. The van der Waals surface area contributed by atoms with Crippen LogP contribution in [0.4, 0.5) is 17.1 Å². The molecule has 1 atom stereocenters. The number of nitrogens with one attached hydrogen (secondary N) is 1. The summed E-state index contributed by atoms with van der Waals surface area (Å²) in [4.78, 5) is 44.2. The summed E-state index contributed by atoms with van der Waals surface area (Å²) in [7, 11) is 0. The van der Waals surface area contributed by atoms with E-state index in [0.717, 1.165) is 16.8 Å². The van der Waals surface area contributed by atoms with E-state index in [1.807, 2.05) is 48.5 Å². The monoisotopic (exact) mass is 505 g/mol. The molecule has 0 fully saturated rings. The van der Waals surface area contributed by atoms with E-state index in [9.17, 15) is 19.5 Å². The minimum atomic E-state index is -1.06.